The van der Waals surface area contributed by atoms with Crippen molar-refractivity contribution in [1.29, 1.82) is 21.0 Å². The van der Waals surface area contributed by atoms with Crippen LogP contribution in [0.2, 0.25) is 17.7 Å². The van der Waals surface area contributed by atoms with Gasteiger partial charge in [-0.05, 0) is 0 Å². The summed E-state index contributed by atoms with van der Waals surface area (Å²) >= 11 is -2.58. The molecule has 0 unspecified atom stereocenters. The van der Waals surface area contributed by atoms with Gasteiger partial charge in [-0.2, -0.15) is 0 Å². The van der Waals surface area contributed by atoms with Crippen molar-refractivity contribution in [3.05, 3.63) is 0 Å². The molecule has 0 aromatic carbocycles. The zero-order valence-electron chi connectivity index (χ0n) is 9.95. The summed E-state index contributed by atoms with van der Waals surface area (Å²) in [6.45, 7) is 0. The fourth-order valence-corrected chi connectivity index (χ4v) is 13.6. The van der Waals surface area contributed by atoms with Gasteiger partial charge in [-0.15, -0.1) is 0 Å². The van der Waals surface area contributed by atoms with Gasteiger partial charge < -0.3 is 0 Å². The van der Waals surface area contributed by atoms with Crippen molar-refractivity contribution in [3.8, 4) is 24.3 Å². The minimum atomic E-state index is -2.58. The molecule has 88 valence electrons. The zero-order valence-corrected chi connectivity index (χ0v) is 12.8. The molecule has 0 aromatic rings. The summed E-state index contributed by atoms with van der Waals surface area (Å²) in [7, 11) is 0. The van der Waals surface area contributed by atoms with E-state index in [2.05, 4.69) is 24.3 Å². The standard InChI is InChI=1S/4C3H4N.Sn/c4*1-2-3-4;/h4*1-2H2;. The number of hydrogen-bond donors (Lipinski definition) is 0. The molecule has 17 heavy (non-hydrogen) atoms. The molecule has 0 bridgehead atoms. The topological polar surface area (TPSA) is 95.2 Å². The van der Waals surface area contributed by atoms with E-state index in [0.717, 1.165) is 17.7 Å². The SMILES string of the molecule is N#CC[CH2][Sn]([CH2]CC#N)([CH2]CC#N)[CH2]CC#N. The number of nitriles is 4. The van der Waals surface area contributed by atoms with Crippen LogP contribution in [0.15, 0.2) is 0 Å². The van der Waals surface area contributed by atoms with Gasteiger partial charge in [0.1, 0.15) is 0 Å². The molecule has 0 saturated carbocycles. The molecule has 4 nitrogen and oxygen atoms in total. The summed E-state index contributed by atoms with van der Waals surface area (Å²) in [5.74, 6) is 0. The third-order valence-electron chi connectivity index (χ3n) is 3.07. The Morgan fingerprint density at radius 3 is 0.941 bits per heavy atom. The first-order chi connectivity index (χ1) is 8.24. The van der Waals surface area contributed by atoms with Crippen LogP contribution in [0, 0.1) is 45.3 Å². The van der Waals surface area contributed by atoms with Gasteiger partial charge in [-0.3, -0.25) is 0 Å². The molecule has 0 aliphatic heterocycles. The Morgan fingerprint density at radius 2 is 0.765 bits per heavy atom. The molecule has 0 aliphatic rings. The molecule has 0 N–H and O–H groups in total. The summed E-state index contributed by atoms with van der Waals surface area (Å²) in [6.07, 6.45) is 2.05. The summed E-state index contributed by atoms with van der Waals surface area (Å²) < 4.78 is 3.54. The maximum atomic E-state index is 8.69. The monoisotopic (exact) mass is 336 g/mol. The summed E-state index contributed by atoms with van der Waals surface area (Å²) in [5.41, 5.74) is 0. The molecule has 0 rings (SSSR count). The van der Waals surface area contributed by atoms with Crippen LogP contribution in [-0.4, -0.2) is 18.4 Å². The molecule has 0 fully saturated rings. The van der Waals surface area contributed by atoms with E-state index >= 15 is 0 Å². The molecule has 0 radical (unpaired) electrons. The number of nitrogens with zero attached hydrogens (tertiary/aromatic N) is 4. The van der Waals surface area contributed by atoms with Crippen molar-refractivity contribution in [2.24, 2.45) is 0 Å². The number of hydrogen-bond acceptors (Lipinski definition) is 4. The van der Waals surface area contributed by atoms with E-state index in [4.69, 9.17) is 21.0 Å². The average molecular weight is 335 g/mol. The Hall–Kier alpha value is -1.24. The third kappa shape index (κ3) is 6.83. The van der Waals surface area contributed by atoms with E-state index in [9.17, 15) is 0 Å². The van der Waals surface area contributed by atoms with Gasteiger partial charge in [0, 0.05) is 0 Å². The molecule has 0 amide bonds. The Labute approximate surface area is 107 Å². The van der Waals surface area contributed by atoms with Gasteiger partial charge in [0.15, 0.2) is 0 Å². The molecule has 0 aliphatic carbocycles. The molecular weight excluding hydrogens is 319 g/mol. The first-order valence-corrected chi connectivity index (χ1v) is 13.8. The Kier molecular flexibility index (Phi) is 9.22. The second-order valence-corrected chi connectivity index (χ2v) is 18.4. The van der Waals surface area contributed by atoms with Crippen molar-refractivity contribution in [3.63, 3.8) is 0 Å². The van der Waals surface area contributed by atoms with E-state index in [1.807, 2.05) is 0 Å². The molecule has 0 atom stereocenters. The van der Waals surface area contributed by atoms with Crippen molar-refractivity contribution in [1.82, 2.24) is 0 Å². The Balaban J connectivity index is 4.67. The maximum absolute atomic E-state index is 8.69. The minimum absolute atomic E-state index is 0.512. The summed E-state index contributed by atoms with van der Waals surface area (Å²) in [5, 5.41) is 34.8. The molecular formula is C12H16N4Sn. The van der Waals surface area contributed by atoms with Crippen LogP contribution in [0.1, 0.15) is 25.7 Å². The van der Waals surface area contributed by atoms with Gasteiger partial charge in [-0.25, -0.2) is 0 Å². The fraction of sp³-hybridized carbons (Fsp3) is 0.667. The normalized spacial score (nSPS) is 9.65. The molecule has 0 saturated heterocycles. The van der Waals surface area contributed by atoms with Crippen LogP contribution < -0.4 is 0 Å². The van der Waals surface area contributed by atoms with Crippen LogP contribution in [0.25, 0.3) is 0 Å². The second kappa shape index (κ2) is 9.95. The van der Waals surface area contributed by atoms with Crippen molar-refractivity contribution in [2.75, 3.05) is 0 Å². The van der Waals surface area contributed by atoms with Crippen molar-refractivity contribution >= 4 is 18.4 Å². The molecule has 5 heteroatoms. The van der Waals surface area contributed by atoms with Crippen LogP contribution in [0.4, 0.5) is 0 Å². The van der Waals surface area contributed by atoms with Crippen LogP contribution in [-0.2, 0) is 0 Å². The number of rotatable bonds is 8. The summed E-state index contributed by atoms with van der Waals surface area (Å²) in [4.78, 5) is 0. The van der Waals surface area contributed by atoms with E-state index in [1.165, 1.54) is 0 Å². The van der Waals surface area contributed by atoms with Gasteiger partial charge in [0.2, 0.25) is 0 Å². The Bertz CT molecular complexity index is 300. The predicted octanol–water partition coefficient (Wildman–Crippen LogP) is 3.09. The predicted molar refractivity (Wildman–Crippen MR) is 65.9 cm³/mol. The van der Waals surface area contributed by atoms with E-state index in [1.54, 1.807) is 0 Å². The first-order valence-electron chi connectivity index (χ1n) is 5.72. The van der Waals surface area contributed by atoms with Crippen molar-refractivity contribution < 1.29 is 0 Å². The molecule has 0 aromatic heterocycles. The summed E-state index contributed by atoms with van der Waals surface area (Å²) in [6, 6.07) is 8.62. The molecule has 0 spiro atoms. The van der Waals surface area contributed by atoms with Gasteiger partial charge in [0.25, 0.3) is 0 Å². The van der Waals surface area contributed by atoms with Gasteiger partial charge >= 0.3 is 107 Å². The van der Waals surface area contributed by atoms with Crippen LogP contribution in [0.3, 0.4) is 0 Å². The van der Waals surface area contributed by atoms with Gasteiger partial charge in [0.05, 0.1) is 0 Å². The van der Waals surface area contributed by atoms with Crippen LogP contribution in [0.5, 0.6) is 0 Å². The first kappa shape index (κ1) is 15.8. The average Bonchev–Trinajstić information content (AvgIpc) is 2.37. The van der Waals surface area contributed by atoms with Gasteiger partial charge in [-0.1, -0.05) is 0 Å². The second-order valence-electron chi connectivity index (χ2n) is 4.13. The fourth-order valence-electron chi connectivity index (χ4n) is 2.03. The van der Waals surface area contributed by atoms with E-state index < -0.39 is 18.4 Å². The molecule has 0 heterocycles. The van der Waals surface area contributed by atoms with Crippen LogP contribution >= 0.6 is 0 Å². The quantitative estimate of drug-likeness (QED) is 0.637. The zero-order chi connectivity index (χ0) is 13.0. The van der Waals surface area contributed by atoms with E-state index in [-0.39, 0.29) is 0 Å². The Morgan fingerprint density at radius 1 is 0.529 bits per heavy atom. The van der Waals surface area contributed by atoms with Crippen molar-refractivity contribution in [2.45, 2.75) is 43.4 Å². The third-order valence-corrected chi connectivity index (χ3v) is 18.0. The van der Waals surface area contributed by atoms with E-state index in [0.29, 0.717) is 25.7 Å².